The number of carboxylic acid groups (broad SMARTS) is 1. The number of hydrogen-bond acceptors (Lipinski definition) is 2. The Bertz CT molecular complexity index is 439. The van der Waals surface area contributed by atoms with E-state index < -0.39 is 5.97 Å². The van der Waals surface area contributed by atoms with Crippen LogP contribution in [0.4, 0.5) is 0 Å². The zero-order valence-corrected chi connectivity index (χ0v) is 9.80. The van der Waals surface area contributed by atoms with Crippen LogP contribution in [0.5, 0.6) is 0 Å². The van der Waals surface area contributed by atoms with Gasteiger partial charge in [0.25, 0.3) is 5.91 Å². The van der Waals surface area contributed by atoms with Gasteiger partial charge in [-0.1, -0.05) is 0 Å². The fourth-order valence-electron chi connectivity index (χ4n) is 2.28. The van der Waals surface area contributed by atoms with Crippen molar-refractivity contribution in [2.75, 3.05) is 13.1 Å². The normalized spacial score (nSPS) is 19.6. The van der Waals surface area contributed by atoms with E-state index in [1.54, 1.807) is 15.5 Å². The van der Waals surface area contributed by atoms with Crippen LogP contribution in [-0.2, 0) is 11.8 Å². The van der Waals surface area contributed by atoms with Gasteiger partial charge in [-0.25, -0.2) is 0 Å². The molecule has 1 atom stereocenters. The van der Waals surface area contributed by atoms with Gasteiger partial charge >= 0.3 is 5.97 Å². The molecule has 1 N–H and O–H groups in total. The van der Waals surface area contributed by atoms with Crippen molar-refractivity contribution in [3.63, 3.8) is 0 Å². The predicted molar refractivity (Wildman–Crippen MR) is 61.7 cm³/mol. The third-order valence-corrected chi connectivity index (χ3v) is 3.20. The molecule has 0 saturated carbocycles. The average molecular weight is 236 g/mol. The molecule has 2 heterocycles. The molecule has 5 heteroatoms. The first-order chi connectivity index (χ1) is 8.08. The van der Waals surface area contributed by atoms with Crippen molar-refractivity contribution in [3.05, 3.63) is 24.0 Å². The van der Waals surface area contributed by atoms with Gasteiger partial charge in [-0.05, 0) is 24.5 Å². The smallest absolute Gasteiger partial charge is 0.303 e. The summed E-state index contributed by atoms with van der Waals surface area (Å²) in [4.78, 5) is 24.5. The Kier molecular flexibility index (Phi) is 3.17. The highest BCUT2D eigenvalue weighted by Crippen LogP contribution is 2.21. The summed E-state index contributed by atoms with van der Waals surface area (Å²) in [6.45, 7) is 1.21. The summed E-state index contributed by atoms with van der Waals surface area (Å²) in [6, 6.07) is 3.62. The van der Waals surface area contributed by atoms with Gasteiger partial charge in [0.15, 0.2) is 0 Å². The topological polar surface area (TPSA) is 62.5 Å². The van der Waals surface area contributed by atoms with Crippen LogP contribution in [-0.4, -0.2) is 39.5 Å². The molecular weight excluding hydrogens is 220 g/mol. The highest BCUT2D eigenvalue weighted by Gasteiger charge is 2.29. The monoisotopic (exact) mass is 236 g/mol. The summed E-state index contributed by atoms with van der Waals surface area (Å²) in [5, 5.41) is 8.72. The largest absolute Gasteiger partial charge is 0.481 e. The number of aromatic nitrogens is 1. The van der Waals surface area contributed by atoms with Crippen LogP contribution in [0.2, 0.25) is 0 Å². The Labute approximate surface area is 99.6 Å². The lowest BCUT2D eigenvalue weighted by molar-refractivity contribution is -0.138. The second kappa shape index (κ2) is 4.61. The molecule has 1 amide bonds. The molecule has 5 nitrogen and oxygen atoms in total. The van der Waals surface area contributed by atoms with Gasteiger partial charge in [0.05, 0.1) is 0 Å². The molecule has 1 aromatic rings. The second-order valence-corrected chi connectivity index (χ2v) is 4.51. The first kappa shape index (κ1) is 11.7. The molecule has 0 bridgehead atoms. The van der Waals surface area contributed by atoms with Gasteiger partial charge in [0.2, 0.25) is 0 Å². The summed E-state index contributed by atoms with van der Waals surface area (Å²) < 4.78 is 1.78. The quantitative estimate of drug-likeness (QED) is 0.850. The molecule has 0 radical (unpaired) electrons. The fourth-order valence-corrected chi connectivity index (χ4v) is 2.28. The number of aryl methyl sites for hydroxylation is 1. The minimum atomic E-state index is -0.789. The Hall–Kier alpha value is -1.78. The molecule has 1 saturated heterocycles. The van der Waals surface area contributed by atoms with Crippen LogP contribution in [0.25, 0.3) is 0 Å². The molecule has 1 aliphatic heterocycles. The number of carbonyl (C=O) groups excluding carboxylic acids is 1. The summed E-state index contributed by atoms with van der Waals surface area (Å²) in [6.07, 6.45) is 2.76. The third kappa shape index (κ3) is 2.49. The van der Waals surface area contributed by atoms with Gasteiger partial charge in [-0.15, -0.1) is 0 Å². The van der Waals surface area contributed by atoms with Crippen molar-refractivity contribution in [1.29, 1.82) is 0 Å². The third-order valence-electron chi connectivity index (χ3n) is 3.20. The number of rotatable bonds is 3. The zero-order chi connectivity index (χ0) is 12.4. The second-order valence-electron chi connectivity index (χ2n) is 4.51. The Balaban J connectivity index is 1.99. The van der Waals surface area contributed by atoms with Crippen LogP contribution >= 0.6 is 0 Å². The number of nitrogens with zero attached hydrogens (tertiary/aromatic N) is 2. The predicted octanol–water partition coefficient (Wildman–Crippen LogP) is 0.962. The van der Waals surface area contributed by atoms with E-state index in [1.807, 2.05) is 19.3 Å². The van der Waals surface area contributed by atoms with E-state index in [0.29, 0.717) is 18.8 Å². The Morgan fingerprint density at radius 2 is 2.29 bits per heavy atom. The molecule has 1 aliphatic rings. The molecule has 0 aromatic carbocycles. The van der Waals surface area contributed by atoms with Gasteiger partial charge in [0.1, 0.15) is 5.69 Å². The number of hydrogen-bond donors (Lipinski definition) is 1. The summed E-state index contributed by atoms with van der Waals surface area (Å²) in [5.41, 5.74) is 0.654. The number of likely N-dealkylation sites (tertiary alicyclic amines) is 1. The fraction of sp³-hybridized carbons (Fsp3) is 0.500. The molecule has 1 aromatic heterocycles. The number of carboxylic acids is 1. The van der Waals surface area contributed by atoms with Crippen LogP contribution in [0.15, 0.2) is 18.3 Å². The highest BCUT2D eigenvalue weighted by molar-refractivity contribution is 5.93. The highest BCUT2D eigenvalue weighted by atomic mass is 16.4. The van der Waals surface area contributed by atoms with Crippen molar-refractivity contribution in [3.8, 4) is 0 Å². The van der Waals surface area contributed by atoms with E-state index in [2.05, 4.69) is 0 Å². The average Bonchev–Trinajstić information content (AvgIpc) is 2.85. The van der Waals surface area contributed by atoms with E-state index in [4.69, 9.17) is 5.11 Å². The molecule has 1 unspecified atom stereocenters. The van der Waals surface area contributed by atoms with Crippen LogP contribution in [0.3, 0.4) is 0 Å². The van der Waals surface area contributed by atoms with E-state index >= 15 is 0 Å². The minimum Gasteiger partial charge on any atom is -0.481 e. The van der Waals surface area contributed by atoms with Crippen molar-refractivity contribution >= 4 is 11.9 Å². The van der Waals surface area contributed by atoms with Crippen LogP contribution < -0.4 is 0 Å². The summed E-state index contributed by atoms with van der Waals surface area (Å²) >= 11 is 0. The molecule has 0 spiro atoms. The number of carbonyl (C=O) groups is 2. The summed E-state index contributed by atoms with van der Waals surface area (Å²) in [7, 11) is 1.83. The SMILES string of the molecule is Cn1cccc1C(=O)N1CCC(CC(=O)O)C1. The van der Waals surface area contributed by atoms with Crippen LogP contribution in [0.1, 0.15) is 23.3 Å². The first-order valence-corrected chi connectivity index (χ1v) is 5.70. The van der Waals surface area contributed by atoms with Crippen molar-refractivity contribution in [1.82, 2.24) is 9.47 Å². The number of aliphatic carboxylic acids is 1. The molecular formula is C12H16N2O3. The molecule has 1 fully saturated rings. The van der Waals surface area contributed by atoms with Crippen molar-refractivity contribution < 1.29 is 14.7 Å². The maximum atomic E-state index is 12.1. The van der Waals surface area contributed by atoms with E-state index in [1.165, 1.54) is 0 Å². The number of amides is 1. The summed E-state index contributed by atoms with van der Waals surface area (Å²) in [5.74, 6) is -0.703. The maximum Gasteiger partial charge on any atom is 0.303 e. The van der Waals surface area contributed by atoms with E-state index in [-0.39, 0.29) is 18.2 Å². The lowest BCUT2D eigenvalue weighted by atomic mass is 10.1. The standard InChI is InChI=1S/C12H16N2O3/c1-13-5-2-3-10(13)12(17)14-6-4-9(8-14)7-11(15)16/h2-3,5,9H,4,6-8H2,1H3,(H,15,16). The lowest BCUT2D eigenvalue weighted by Gasteiger charge is -2.16. The zero-order valence-electron chi connectivity index (χ0n) is 9.80. The van der Waals surface area contributed by atoms with Gasteiger partial charge in [-0.2, -0.15) is 0 Å². The van der Waals surface area contributed by atoms with Gasteiger partial charge in [-0.3, -0.25) is 9.59 Å². The molecule has 92 valence electrons. The van der Waals surface area contributed by atoms with Crippen LogP contribution in [0, 0.1) is 5.92 Å². The van der Waals surface area contributed by atoms with Gasteiger partial charge < -0.3 is 14.6 Å². The first-order valence-electron chi connectivity index (χ1n) is 5.70. The Morgan fingerprint density at radius 3 is 2.88 bits per heavy atom. The van der Waals surface area contributed by atoms with E-state index in [0.717, 1.165) is 6.42 Å². The maximum absolute atomic E-state index is 12.1. The van der Waals surface area contributed by atoms with E-state index in [9.17, 15) is 9.59 Å². The van der Waals surface area contributed by atoms with Gasteiger partial charge in [0, 0.05) is 32.8 Å². The van der Waals surface area contributed by atoms with Crippen molar-refractivity contribution in [2.24, 2.45) is 13.0 Å². The van der Waals surface area contributed by atoms with Crippen molar-refractivity contribution in [2.45, 2.75) is 12.8 Å². The molecule has 0 aliphatic carbocycles. The molecule has 2 rings (SSSR count). The molecule has 17 heavy (non-hydrogen) atoms. The lowest BCUT2D eigenvalue weighted by Crippen LogP contribution is -2.30. The minimum absolute atomic E-state index is 0.00890. The Morgan fingerprint density at radius 1 is 1.53 bits per heavy atom.